The molecular weight excluding hydrogens is 250 g/mol. The topological polar surface area (TPSA) is 38.5 Å². The third kappa shape index (κ3) is 3.26. The maximum Gasteiger partial charge on any atom is 0.265 e. The molecule has 0 aromatic rings. The fourth-order valence-corrected chi connectivity index (χ4v) is 3.30. The lowest BCUT2D eigenvalue weighted by molar-refractivity contribution is -0.130. The SMILES string of the molecule is N[C@@H]1[C@@H](O[C@H]2CCN(CC3CC3)C2)CCCC1(F)F. The van der Waals surface area contributed by atoms with Gasteiger partial charge in [-0.05, 0) is 38.0 Å². The van der Waals surface area contributed by atoms with Crippen LogP contribution >= 0.6 is 0 Å². The maximum atomic E-state index is 13.6. The van der Waals surface area contributed by atoms with Crippen molar-refractivity contribution in [1.82, 2.24) is 4.90 Å². The van der Waals surface area contributed by atoms with Gasteiger partial charge in [0.25, 0.3) is 5.92 Å². The number of ether oxygens (including phenoxy) is 1. The van der Waals surface area contributed by atoms with Crippen molar-refractivity contribution in [3.8, 4) is 0 Å². The van der Waals surface area contributed by atoms with Gasteiger partial charge < -0.3 is 15.4 Å². The predicted octanol–water partition coefficient (Wildman–Crippen LogP) is 2.00. The Morgan fingerprint density at radius 1 is 1.21 bits per heavy atom. The largest absolute Gasteiger partial charge is 0.372 e. The Kier molecular flexibility index (Phi) is 3.80. The third-order valence-corrected chi connectivity index (χ3v) is 4.70. The molecule has 2 N–H and O–H groups in total. The molecule has 5 heteroatoms. The molecule has 1 heterocycles. The van der Waals surface area contributed by atoms with Gasteiger partial charge in [0.1, 0.15) is 0 Å². The zero-order chi connectivity index (χ0) is 13.5. The lowest BCUT2D eigenvalue weighted by Crippen LogP contribution is -2.54. The first kappa shape index (κ1) is 13.7. The molecule has 3 nitrogen and oxygen atoms in total. The van der Waals surface area contributed by atoms with Gasteiger partial charge in [0.2, 0.25) is 0 Å². The zero-order valence-electron chi connectivity index (χ0n) is 11.4. The van der Waals surface area contributed by atoms with Gasteiger partial charge in [-0.1, -0.05) is 0 Å². The highest BCUT2D eigenvalue weighted by atomic mass is 19.3. The highest BCUT2D eigenvalue weighted by molar-refractivity contribution is 4.93. The molecule has 0 aromatic carbocycles. The van der Waals surface area contributed by atoms with Crippen molar-refractivity contribution in [3.05, 3.63) is 0 Å². The van der Waals surface area contributed by atoms with Gasteiger partial charge in [-0.2, -0.15) is 0 Å². The normalized spacial score (nSPS) is 39.6. The average molecular weight is 274 g/mol. The second kappa shape index (κ2) is 5.26. The summed E-state index contributed by atoms with van der Waals surface area (Å²) in [7, 11) is 0. The standard InChI is InChI=1S/C14H24F2N2O/c15-14(16)6-1-2-12(13(14)17)19-11-5-7-18(9-11)8-10-3-4-10/h10-13H,1-9,17H2/t11-,12-,13+/m0/s1. The number of hydrogen-bond donors (Lipinski definition) is 1. The summed E-state index contributed by atoms with van der Waals surface area (Å²) < 4.78 is 33.0. The van der Waals surface area contributed by atoms with Crippen molar-refractivity contribution in [2.45, 2.75) is 62.7 Å². The number of hydrogen-bond acceptors (Lipinski definition) is 3. The van der Waals surface area contributed by atoms with Crippen LogP contribution in [-0.2, 0) is 4.74 Å². The molecule has 0 spiro atoms. The molecule has 0 bridgehead atoms. The van der Waals surface area contributed by atoms with E-state index in [-0.39, 0.29) is 12.5 Å². The van der Waals surface area contributed by atoms with Crippen LogP contribution in [0.15, 0.2) is 0 Å². The fraction of sp³-hybridized carbons (Fsp3) is 1.00. The number of halogens is 2. The summed E-state index contributed by atoms with van der Waals surface area (Å²) in [6, 6.07) is -1.13. The number of likely N-dealkylation sites (tertiary alicyclic amines) is 1. The van der Waals surface area contributed by atoms with Gasteiger partial charge in [0.05, 0.1) is 18.2 Å². The van der Waals surface area contributed by atoms with E-state index in [0.29, 0.717) is 12.8 Å². The molecule has 1 aliphatic heterocycles. The molecule has 3 fully saturated rings. The van der Waals surface area contributed by atoms with Crippen molar-refractivity contribution in [2.24, 2.45) is 11.7 Å². The minimum atomic E-state index is -2.75. The Morgan fingerprint density at radius 2 is 2.00 bits per heavy atom. The molecule has 19 heavy (non-hydrogen) atoms. The number of nitrogens with zero attached hydrogens (tertiary/aromatic N) is 1. The van der Waals surface area contributed by atoms with Crippen LogP contribution in [0, 0.1) is 5.92 Å². The summed E-state index contributed by atoms with van der Waals surface area (Å²) in [6.07, 6.45) is 4.40. The predicted molar refractivity (Wildman–Crippen MR) is 69.2 cm³/mol. The van der Waals surface area contributed by atoms with Crippen LogP contribution in [0.3, 0.4) is 0 Å². The summed E-state index contributed by atoms with van der Waals surface area (Å²) >= 11 is 0. The van der Waals surface area contributed by atoms with Crippen molar-refractivity contribution >= 4 is 0 Å². The highest BCUT2D eigenvalue weighted by Crippen LogP contribution is 2.35. The first-order valence-electron chi connectivity index (χ1n) is 7.56. The molecule has 0 aromatic heterocycles. The van der Waals surface area contributed by atoms with E-state index in [4.69, 9.17) is 10.5 Å². The Balaban J connectivity index is 1.48. The van der Waals surface area contributed by atoms with E-state index < -0.39 is 18.1 Å². The number of alkyl halides is 2. The smallest absolute Gasteiger partial charge is 0.265 e. The van der Waals surface area contributed by atoms with Crippen LogP contribution in [0.5, 0.6) is 0 Å². The summed E-state index contributed by atoms with van der Waals surface area (Å²) in [5.41, 5.74) is 5.67. The molecule has 1 saturated heterocycles. The molecule has 2 aliphatic carbocycles. The van der Waals surface area contributed by atoms with Gasteiger partial charge in [-0.25, -0.2) is 8.78 Å². The van der Waals surface area contributed by atoms with E-state index in [0.717, 1.165) is 32.0 Å². The van der Waals surface area contributed by atoms with E-state index in [1.807, 2.05) is 0 Å². The average Bonchev–Trinajstić information content (AvgIpc) is 3.05. The van der Waals surface area contributed by atoms with E-state index in [2.05, 4.69) is 4.90 Å². The van der Waals surface area contributed by atoms with Crippen molar-refractivity contribution in [2.75, 3.05) is 19.6 Å². The highest BCUT2D eigenvalue weighted by Gasteiger charge is 2.46. The summed E-state index contributed by atoms with van der Waals surface area (Å²) in [4.78, 5) is 2.41. The monoisotopic (exact) mass is 274 g/mol. The maximum absolute atomic E-state index is 13.6. The zero-order valence-corrected chi connectivity index (χ0v) is 11.4. The lowest BCUT2D eigenvalue weighted by atomic mass is 9.89. The molecule has 0 amide bonds. The summed E-state index contributed by atoms with van der Waals surface area (Å²) in [5, 5.41) is 0. The molecule has 3 aliphatic rings. The van der Waals surface area contributed by atoms with Gasteiger partial charge >= 0.3 is 0 Å². The number of nitrogens with two attached hydrogens (primary N) is 1. The van der Waals surface area contributed by atoms with Crippen molar-refractivity contribution in [1.29, 1.82) is 0 Å². The van der Waals surface area contributed by atoms with E-state index in [9.17, 15) is 8.78 Å². The Hall–Kier alpha value is -0.260. The van der Waals surface area contributed by atoms with Crippen LogP contribution in [0.1, 0.15) is 38.5 Å². The van der Waals surface area contributed by atoms with Crippen molar-refractivity contribution < 1.29 is 13.5 Å². The third-order valence-electron chi connectivity index (χ3n) is 4.70. The van der Waals surface area contributed by atoms with E-state index >= 15 is 0 Å². The van der Waals surface area contributed by atoms with Crippen LogP contribution < -0.4 is 5.73 Å². The fourth-order valence-electron chi connectivity index (χ4n) is 3.30. The van der Waals surface area contributed by atoms with Gasteiger partial charge in [0, 0.05) is 26.1 Å². The van der Waals surface area contributed by atoms with Gasteiger partial charge in [-0.3, -0.25) is 0 Å². The second-order valence-corrected chi connectivity index (χ2v) is 6.47. The van der Waals surface area contributed by atoms with Gasteiger partial charge in [0.15, 0.2) is 0 Å². The minimum absolute atomic E-state index is 0.0908. The molecule has 3 rings (SSSR count). The molecule has 0 unspecified atom stereocenters. The van der Waals surface area contributed by atoms with Crippen LogP contribution in [0.25, 0.3) is 0 Å². The van der Waals surface area contributed by atoms with E-state index in [1.54, 1.807) is 0 Å². The lowest BCUT2D eigenvalue weighted by Gasteiger charge is -2.36. The quantitative estimate of drug-likeness (QED) is 0.852. The summed E-state index contributed by atoms with van der Waals surface area (Å²) in [5.74, 6) is -1.88. The van der Waals surface area contributed by atoms with Crippen LogP contribution in [0.2, 0.25) is 0 Å². The first-order chi connectivity index (χ1) is 9.04. The molecule has 3 atom stereocenters. The Bertz CT molecular complexity index is 323. The molecule has 2 saturated carbocycles. The molecule has 0 radical (unpaired) electrons. The Morgan fingerprint density at radius 3 is 2.74 bits per heavy atom. The summed E-state index contributed by atoms with van der Waals surface area (Å²) in [6.45, 7) is 3.09. The number of rotatable bonds is 4. The van der Waals surface area contributed by atoms with Crippen LogP contribution in [0.4, 0.5) is 8.78 Å². The van der Waals surface area contributed by atoms with E-state index in [1.165, 1.54) is 12.8 Å². The Labute approximate surface area is 113 Å². The minimum Gasteiger partial charge on any atom is -0.372 e. The van der Waals surface area contributed by atoms with Gasteiger partial charge in [-0.15, -0.1) is 0 Å². The van der Waals surface area contributed by atoms with Crippen molar-refractivity contribution in [3.63, 3.8) is 0 Å². The molecule has 110 valence electrons. The van der Waals surface area contributed by atoms with Crippen LogP contribution in [-0.4, -0.2) is 48.7 Å². The first-order valence-corrected chi connectivity index (χ1v) is 7.56. The second-order valence-electron chi connectivity index (χ2n) is 6.47. The molecular formula is C14H24F2N2O.